The van der Waals surface area contributed by atoms with Crippen molar-refractivity contribution in [3.8, 4) is 0 Å². The predicted octanol–water partition coefficient (Wildman–Crippen LogP) is 2.63. The molecule has 1 spiro atoms. The molecule has 5 nitrogen and oxygen atoms in total. The van der Waals surface area contributed by atoms with Crippen LogP contribution < -0.4 is 0 Å². The number of hydrogen-bond donors (Lipinski definition) is 1. The van der Waals surface area contributed by atoms with Gasteiger partial charge in [-0.05, 0) is 39.2 Å². The Morgan fingerprint density at radius 3 is 2.50 bits per heavy atom. The van der Waals surface area contributed by atoms with E-state index in [0.717, 1.165) is 19.4 Å². The minimum atomic E-state index is -0.496. The zero-order chi connectivity index (χ0) is 17.4. The summed E-state index contributed by atoms with van der Waals surface area (Å²) in [6, 6.07) is 10.3. The maximum absolute atomic E-state index is 12.5. The van der Waals surface area contributed by atoms with Crippen molar-refractivity contribution < 1.29 is 14.6 Å². The summed E-state index contributed by atoms with van der Waals surface area (Å²) >= 11 is 0. The zero-order valence-corrected chi connectivity index (χ0v) is 14.9. The van der Waals surface area contributed by atoms with Gasteiger partial charge in [0.05, 0.1) is 12.6 Å². The first-order valence-electron chi connectivity index (χ1n) is 8.72. The van der Waals surface area contributed by atoms with Gasteiger partial charge in [-0.25, -0.2) is 4.79 Å². The molecule has 1 N–H and O–H groups in total. The van der Waals surface area contributed by atoms with Gasteiger partial charge in [0.15, 0.2) is 0 Å². The van der Waals surface area contributed by atoms with Crippen LogP contribution in [0, 0.1) is 0 Å². The molecule has 24 heavy (non-hydrogen) atoms. The van der Waals surface area contributed by atoms with E-state index >= 15 is 0 Å². The van der Waals surface area contributed by atoms with Crippen molar-refractivity contribution in [2.45, 2.75) is 57.3 Å². The molecule has 0 radical (unpaired) electrons. The van der Waals surface area contributed by atoms with Crippen molar-refractivity contribution in [3.05, 3.63) is 35.9 Å². The second kappa shape index (κ2) is 6.37. The van der Waals surface area contributed by atoms with E-state index in [-0.39, 0.29) is 24.3 Å². The molecule has 1 heterocycles. The van der Waals surface area contributed by atoms with Gasteiger partial charge in [0.2, 0.25) is 0 Å². The number of carbonyl (C=O) groups excluding carboxylic acids is 1. The number of hydrogen-bond acceptors (Lipinski definition) is 4. The Hall–Kier alpha value is -1.59. The molecule has 1 amide bonds. The number of aliphatic hydroxyl groups excluding tert-OH is 1. The first-order valence-corrected chi connectivity index (χ1v) is 8.72. The van der Waals surface area contributed by atoms with E-state index in [0.29, 0.717) is 13.1 Å². The van der Waals surface area contributed by atoms with Gasteiger partial charge in [-0.3, -0.25) is 4.90 Å². The van der Waals surface area contributed by atoms with E-state index in [1.54, 1.807) is 4.90 Å². The number of nitrogens with zero attached hydrogens (tertiary/aromatic N) is 2. The first-order chi connectivity index (χ1) is 11.3. The quantitative estimate of drug-likeness (QED) is 0.924. The van der Waals surface area contributed by atoms with Crippen molar-refractivity contribution in [2.75, 3.05) is 19.7 Å². The standard InChI is InChI=1S/C19H28N2O3/c1-18(2,3)24-17(23)20-12-16(13-22)21(19(14-20)9-10-19)11-15-7-5-4-6-8-15/h4-8,16,22H,9-14H2,1-3H3/t16-/m1/s1. The Kier molecular flexibility index (Phi) is 4.58. The normalized spacial score (nSPS) is 23.3. The molecular formula is C19H28N2O3. The van der Waals surface area contributed by atoms with E-state index in [1.165, 1.54) is 5.56 Å². The smallest absolute Gasteiger partial charge is 0.410 e. The number of rotatable bonds is 3. The molecule has 2 fully saturated rings. The second-order valence-electron chi connectivity index (χ2n) is 8.04. The third kappa shape index (κ3) is 3.73. The summed E-state index contributed by atoms with van der Waals surface area (Å²) in [6.07, 6.45) is 1.86. The first kappa shape index (κ1) is 17.2. The van der Waals surface area contributed by atoms with Gasteiger partial charge in [-0.2, -0.15) is 0 Å². The number of carbonyl (C=O) groups is 1. The van der Waals surface area contributed by atoms with Crippen molar-refractivity contribution in [3.63, 3.8) is 0 Å². The molecule has 1 atom stereocenters. The average molecular weight is 332 g/mol. The summed E-state index contributed by atoms with van der Waals surface area (Å²) in [5.74, 6) is 0. The van der Waals surface area contributed by atoms with Gasteiger partial charge in [0.25, 0.3) is 0 Å². The summed E-state index contributed by atoms with van der Waals surface area (Å²) in [5, 5.41) is 9.91. The van der Waals surface area contributed by atoms with Crippen LogP contribution in [0.25, 0.3) is 0 Å². The second-order valence-corrected chi connectivity index (χ2v) is 8.04. The molecule has 1 saturated heterocycles. The molecule has 1 aromatic carbocycles. The predicted molar refractivity (Wildman–Crippen MR) is 92.6 cm³/mol. The van der Waals surface area contributed by atoms with Gasteiger partial charge in [0.1, 0.15) is 5.60 Å². The maximum Gasteiger partial charge on any atom is 0.410 e. The van der Waals surface area contributed by atoms with Crippen LogP contribution in [0.2, 0.25) is 0 Å². The molecule has 0 aromatic heterocycles. The molecule has 1 saturated carbocycles. The molecule has 132 valence electrons. The number of aliphatic hydroxyl groups is 1. The van der Waals surface area contributed by atoms with E-state index in [2.05, 4.69) is 17.0 Å². The minimum Gasteiger partial charge on any atom is -0.444 e. The van der Waals surface area contributed by atoms with Crippen LogP contribution in [0.4, 0.5) is 4.79 Å². The Morgan fingerprint density at radius 1 is 1.29 bits per heavy atom. The molecule has 1 aliphatic carbocycles. The van der Waals surface area contributed by atoms with Crippen molar-refractivity contribution in [1.82, 2.24) is 9.80 Å². The number of piperazine rings is 1. The molecule has 5 heteroatoms. The number of benzene rings is 1. The molecule has 1 aliphatic heterocycles. The highest BCUT2D eigenvalue weighted by atomic mass is 16.6. The lowest BCUT2D eigenvalue weighted by molar-refractivity contribution is -0.0362. The topological polar surface area (TPSA) is 53.0 Å². The number of amides is 1. The molecule has 0 unspecified atom stereocenters. The highest BCUT2D eigenvalue weighted by Crippen LogP contribution is 2.46. The molecule has 1 aromatic rings. The Morgan fingerprint density at radius 2 is 1.96 bits per heavy atom. The van der Waals surface area contributed by atoms with Gasteiger partial charge >= 0.3 is 6.09 Å². The van der Waals surface area contributed by atoms with E-state index in [1.807, 2.05) is 39.0 Å². The van der Waals surface area contributed by atoms with E-state index in [9.17, 15) is 9.90 Å². The van der Waals surface area contributed by atoms with Crippen LogP contribution in [0.1, 0.15) is 39.2 Å². The lowest BCUT2D eigenvalue weighted by Gasteiger charge is -2.47. The Bertz CT molecular complexity index is 578. The monoisotopic (exact) mass is 332 g/mol. The lowest BCUT2D eigenvalue weighted by atomic mass is 10.0. The third-order valence-corrected chi connectivity index (χ3v) is 4.85. The fourth-order valence-corrected chi connectivity index (χ4v) is 3.54. The van der Waals surface area contributed by atoms with Crippen LogP contribution in [-0.2, 0) is 11.3 Å². The van der Waals surface area contributed by atoms with Crippen LogP contribution >= 0.6 is 0 Å². The van der Waals surface area contributed by atoms with E-state index < -0.39 is 5.60 Å². The largest absolute Gasteiger partial charge is 0.444 e. The zero-order valence-electron chi connectivity index (χ0n) is 14.9. The molecule has 3 rings (SSSR count). The van der Waals surface area contributed by atoms with Crippen LogP contribution in [0.3, 0.4) is 0 Å². The summed E-state index contributed by atoms with van der Waals surface area (Å²) in [4.78, 5) is 16.6. The summed E-state index contributed by atoms with van der Waals surface area (Å²) in [7, 11) is 0. The molecule has 2 aliphatic rings. The van der Waals surface area contributed by atoms with Crippen molar-refractivity contribution in [1.29, 1.82) is 0 Å². The highest BCUT2D eigenvalue weighted by molar-refractivity contribution is 5.68. The average Bonchev–Trinajstić information content (AvgIpc) is 3.28. The maximum atomic E-state index is 12.5. The van der Waals surface area contributed by atoms with Gasteiger partial charge < -0.3 is 14.7 Å². The van der Waals surface area contributed by atoms with Crippen LogP contribution in [0.15, 0.2) is 30.3 Å². The third-order valence-electron chi connectivity index (χ3n) is 4.85. The highest BCUT2D eigenvalue weighted by Gasteiger charge is 2.55. The van der Waals surface area contributed by atoms with Gasteiger partial charge in [-0.15, -0.1) is 0 Å². The Balaban J connectivity index is 1.74. The van der Waals surface area contributed by atoms with Gasteiger partial charge in [0, 0.05) is 25.2 Å². The lowest BCUT2D eigenvalue weighted by Crippen LogP contribution is -2.62. The van der Waals surface area contributed by atoms with E-state index in [4.69, 9.17) is 4.74 Å². The Labute approximate surface area is 144 Å². The SMILES string of the molecule is CC(C)(C)OC(=O)N1C[C@H](CO)N(Cc2ccccc2)C2(CC2)C1. The van der Waals surface area contributed by atoms with Crippen molar-refractivity contribution in [2.24, 2.45) is 0 Å². The summed E-state index contributed by atoms with van der Waals surface area (Å²) in [6.45, 7) is 7.71. The molecular weight excluding hydrogens is 304 g/mol. The molecule has 0 bridgehead atoms. The van der Waals surface area contributed by atoms with Crippen LogP contribution in [-0.4, -0.2) is 57.9 Å². The summed E-state index contributed by atoms with van der Waals surface area (Å²) < 4.78 is 5.53. The fourth-order valence-electron chi connectivity index (χ4n) is 3.54. The van der Waals surface area contributed by atoms with Crippen LogP contribution in [0.5, 0.6) is 0 Å². The summed E-state index contributed by atoms with van der Waals surface area (Å²) in [5.41, 5.74) is 0.746. The number of ether oxygens (including phenoxy) is 1. The van der Waals surface area contributed by atoms with Crippen molar-refractivity contribution >= 4 is 6.09 Å². The minimum absolute atomic E-state index is 0.00159. The van der Waals surface area contributed by atoms with Gasteiger partial charge in [-0.1, -0.05) is 30.3 Å². The fraction of sp³-hybridized carbons (Fsp3) is 0.632.